The lowest BCUT2D eigenvalue weighted by Crippen LogP contribution is -1.99. The zero-order valence-electron chi connectivity index (χ0n) is 9.73. The first-order chi connectivity index (χ1) is 8.75. The summed E-state index contributed by atoms with van der Waals surface area (Å²) < 4.78 is 0.993. The van der Waals surface area contributed by atoms with Crippen molar-refractivity contribution in [2.24, 2.45) is 0 Å². The Hall–Kier alpha value is -1.07. The molecule has 1 aromatic heterocycles. The van der Waals surface area contributed by atoms with E-state index in [0.717, 1.165) is 27.4 Å². The van der Waals surface area contributed by atoms with E-state index in [1.165, 1.54) is 0 Å². The summed E-state index contributed by atoms with van der Waals surface area (Å²) in [6.45, 7) is 0. The maximum absolute atomic E-state index is 11.9. The Balaban J connectivity index is 1.73. The van der Waals surface area contributed by atoms with Gasteiger partial charge in [0.2, 0.25) is 0 Å². The van der Waals surface area contributed by atoms with Crippen LogP contribution in [0.2, 0.25) is 0 Å². The van der Waals surface area contributed by atoms with Crippen molar-refractivity contribution in [3.8, 4) is 0 Å². The third-order valence-corrected chi connectivity index (χ3v) is 3.94. The molecule has 1 heterocycles. The van der Waals surface area contributed by atoms with Gasteiger partial charge in [0.1, 0.15) is 0 Å². The van der Waals surface area contributed by atoms with E-state index in [0.29, 0.717) is 6.42 Å². The molecular weight excluding hydrogens is 312 g/mol. The van der Waals surface area contributed by atoms with Gasteiger partial charge in [-0.05, 0) is 18.6 Å². The van der Waals surface area contributed by atoms with Gasteiger partial charge in [0.05, 0.1) is 0 Å². The number of aromatic nitrogens is 2. The molecule has 94 valence electrons. The number of halogens is 1. The highest BCUT2D eigenvalue weighted by atomic mass is 79.9. The number of H-pyrrole nitrogens is 1. The van der Waals surface area contributed by atoms with E-state index in [1.54, 1.807) is 24.2 Å². The van der Waals surface area contributed by atoms with Crippen LogP contribution in [0.1, 0.15) is 23.2 Å². The molecule has 2 rings (SSSR count). The second-order valence-corrected chi connectivity index (χ2v) is 5.78. The Morgan fingerprint density at radius 2 is 2.11 bits per heavy atom. The van der Waals surface area contributed by atoms with E-state index in [1.807, 2.05) is 24.3 Å². The molecule has 0 fully saturated rings. The Morgan fingerprint density at radius 1 is 1.33 bits per heavy atom. The smallest absolute Gasteiger partial charge is 0.165 e. The maximum Gasteiger partial charge on any atom is 0.165 e. The average Bonchev–Trinajstić information content (AvgIpc) is 2.88. The molecule has 0 amide bonds. The van der Waals surface area contributed by atoms with Crippen molar-refractivity contribution in [3.63, 3.8) is 0 Å². The average molecular weight is 325 g/mol. The number of hydrogen-bond donors (Lipinski definition) is 1. The van der Waals surface area contributed by atoms with Gasteiger partial charge in [-0.3, -0.25) is 4.79 Å². The first kappa shape index (κ1) is 13.4. The molecule has 0 unspecified atom stereocenters. The number of Topliss-reactive ketones (excluding diaryl/α,β-unsaturated/α-hetero) is 1. The summed E-state index contributed by atoms with van der Waals surface area (Å²) in [7, 11) is 0. The highest BCUT2D eigenvalue weighted by Crippen LogP contribution is 2.16. The third kappa shape index (κ3) is 3.99. The van der Waals surface area contributed by atoms with Crippen LogP contribution in [-0.4, -0.2) is 21.5 Å². The van der Waals surface area contributed by atoms with E-state index in [2.05, 4.69) is 25.9 Å². The molecule has 0 saturated heterocycles. The molecule has 0 aliphatic heterocycles. The molecule has 18 heavy (non-hydrogen) atoms. The van der Waals surface area contributed by atoms with Gasteiger partial charge in [0, 0.05) is 34.6 Å². The molecule has 5 heteroatoms. The number of carbonyl (C=O) groups excluding carboxylic acids is 1. The summed E-state index contributed by atoms with van der Waals surface area (Å²) in [6, 6.07) is 7.49. The van der Waals surface area contributed by atoms with Gasteiger partial charge >= 0.3 is 0 Å². The third-order valence-electron chi connectivity index (χ3n) is 2.43. The van der Waals surface area contributed by atoms with Crippen LogP contribution in [0.15, 0.2) is 46.3 Å². The predicted molar refractivity (Wildman–Crippen MR) is 77.0 cm³/mol. The summed E-state index contributed by atoms with van der Waals surface area (Å²) in [6.07, 6.45) is 4.97. The zero-order valence-corrected chi connectivity index (χ0v) is 12.1. The number of imidazole rings is 1. The summed E-state index contributed by atoms with van der Waals surface area (Å²) in [5.74, 6) is 1.10. The van der Waals surface area contributed by atoms with Crippen molar-refractivity contribution in [2.45, 2.75) is 18.0 Å². The quantitative estimate of drug-likeness (QED) is 0.497. The van der Waals surface area contributed by atoms with Crippen LogP contribution in [0, 0.1) is 0 Å². The van der Waals surface area contributed by atoms with Crippen molar-refractivity contribution in [3.05, 3.63) is 46.7 Å². The van der Waals surface area contributed by atoms with E-state index >= 15 is 0 Å². The fraction of sp³-hybridized carbons (Fsp3) is 0.231. The number of ketones is 1. The second-order valence-electron chi connectivity index (χ2n) is 3.78. The zero-order chi connectivity index (χ0) is 12.8. The van der Waals surface area contributed by atoms with Gasteiger partial charge in [-0.1, -0.05) is 39.8 Å². The number of hydrogen-bond acceptors (Lipinski definition) is 3. The lowest BCUT2D eigenvalue weighted by molar-refractivity contribution is 0.0982. The van der Waals surface area contributed by atoms with E-state index in [-0.39, 0.29) is 5.78 Å². The van der Waals surface area contributed by atoms with Crippen LogP contribution in [0.4, 0.5) is 0 Å². The normalized spacial score (nSPS) is 10.5. The summed E-state index contributed by atoms with van der Waals surface area (Å²) >= 11 is 5.00. The van der Waals surface area contributed by atoms with Gasteiger partial charge in [0.25, 0.3) is 0 Å². The fourth-order valence-electron chi connectivity index (χ4n) is 1.51. The van der Waals surface area contributed by atoms with Crippen LogP contribution < -0.4 is 0 Å². The fourth-order valence-corrected chi connectivity index (χ4v) is 2.54. The van der Waals surface area contributed by atoms with Gasteiger partial charge in [-0.25, -0.2) is 4.98 Å². The lowest BCUT2D eigenvalue weighted by atomic mass is 10.1. The number of benzene rings is 1. The van der Waals surface area contributed by atoms with E-state index in [4.69, 9.17) is 0 Å². The molecule has 1 N–H and O–H groups in total. The van der Waals surface area contributed by atoms with Gasteiger partial charge in [-0.15, -0.1) is 0 Å². The molecule has 2 aromatic rings. The second kappa shape index (κ2) is 6.75. The Bertz CT molecular complexity index is 496. The largest absolute Gasteiger partial charge is 0.340 e. The molecule has 0 aliphatic rings. The number of aromatic amines is 1. The number of nitrogens with one attached hydrogen (secondary N) is 1. The molecule has 0 bridgehead atoms. The van der Waals surface area contributed by atoms with Crippen LogP contribution in [0.3, 0.4) is 0 Å². The Morgan fingerprint density at radius 3 is 2.78 bits per heavy atom. The van der Waals surface area contributed by atoms with Gasteiger partial charge in [0.15, 0.2) is 10.9 Å². The van der Waals surface area contributed by atoms with Crippen molar-refractivity contribution >= 4 is 33.5 Å². The minimum absolute atomic E-state index is 0.197. The highest BCUT2D eigenvalue weighted by Gasteiger charge is 2.05. The Kier molecular flexibility index (Phi) is 5.01. The van der Waals surface area contributed by atoms with Crippen molar-refractivity contribution in [2.75, 3.05) is 5.75 Å². The van der Waals surface area contributed by atoms with E-state index < -0.39 is 0 Å². The molecular formula is C13H13BrN2OS. The van der Waals surface area contributed by atoms with Crippen LogP contribution in [0.25, 0.3) is 0 Å². The topological polar surface area (TPSA) is 45.8 Å². The Labute approximate surface area is 119 Å². The standard InChI is InChI=1S/C13H13BrN2OS/c14-11-5-3-10(4-6-11)12(17)2-1-9-18-13-15-7-8-16-13/h3-8H,1-2,9H2,(H,15,16). The van der Waals surface area contributed by atoms with Gasteiger partial charge < -0.3 is 4.98 Å². The predicted octanol–water partition coefficient (Wildman–Crippen LogP) is 3.93. The van der Waals surface area contributed by atoms with Crippen LogP contribution >= 0.6 is 27.7 Å². The first-order valence-electron chi connectivity index (χ1n) is 5.66. The number of rotatable bonds is 6. The van der Waals surface area contributed by atoms with Crippen molar-refractivity contribution in [1.82, 2.24) is 9.97 Å². The summed E-state index contributed by atoms with van der Waals surface area (Å²) in [5.41, 5.74) is 0.779. The SMILES string of the molecule is O=C(CCCSc1ncc[nH]1)c1ccc(Br)cc1. The van der Waals surface area contributed by atoms with E-state index in [9.17, 15) is 4.79 Å². The summed E-state index contributed by atoms with van der Waals surface area (Å²) in [4.78, 5) is 19.0. The number of nitrogens with zero attached hydrogens (tertiary/aromatic N) is 1. The number of thioether (sulfide) groups is 1. The molecule has 0 radical (unpaired) electrons. The molecule has 1 aromatic carbocycles. The number of carbonyl (C=O) groups is 1. The van der Waals surface area contributed by atoms with Crippen molar-refractivity contribution < 1.29 is 4.79 Å². The van der Waals surface area contributed by atoms with Crippen LogP contribution in [0.5, 0.6) is 0 Å². The minimum atomic E-state index is 0.197. The summed E-state index contributed by atoms with van der Waals surface area (Å²) in [5, 5.41) is 0.908. The molecule has 0 atom stereocenters. The minimum Gasteiger partial charge on any atom is -0.340 e. The monoisotopic (exact) mass is 324 g/mol. The molecule has 3 nitrogen and oxygen atoms in total. The lowest BCUT2D eigenvalue weighted by Gasteiger charge is -2.01. The maximum atomic E-state index is 11.9. The molecule has 0 spiro atoms. The molecule has 0 saturated carbocycles. The van der Waals surface area contributed by atoms with Crippen LogP contribution in [-0.2, 0) is 0 Å². The van der Waals surface area contributed by atoms with Gasteiger partial charge in [-0.2, -0.15) is 0 Å². The molecule has 0 aliphatic carbocycles. The van der Waals surface area contributed by atoms with Crippen molar-refractivity contribution in [1.29, 1.82) is 0 Å². The highest BCUT2D eigenvalue weighted by molar-refractivity contribution is 9.10. The first-order valence-corrected chi connectivity index (χ1v) is 7.44.